The van der Waals surface area contributed by atoms with E-state index < -0.39 is 0 Å². The Hall–Kier alpha value is -2.18. The zero-order chi connectivity index (χ0) is 18.7. The van der Waals surface area contributed by atoms with E-state index >= 15 is 0 Å². The third-order valence-corrected chi connectivity index (χ3v) is 6.01. The Morgan fingerprint density at radius 3 is 2.77 bits per heavy atom. The molecule has 1 aliphatic rings. The quantitative estimate of drug-likeness (QED) is 0.846. The highest BCUT2D eigenvalue weighted by Crippen LogP contribution is 2.35. The average Bonchev–Trinajstić information content (AvgIpc) is 3.06. The summed E-state index contributed by atoms with van der Waals surface area (Å²) in [5.74, 6) is -0.351. The normalized spacial score (nSPS) is 19.7. The van der Waals surface area contributed by atoms with Gasteiger partial charge in [-0.15, -0.1) is 11.3 Å². The van der Waals surface area contributed by atoms with Crippen LogP contribution in [0.2, 0.25) is 0 Å². The molecule has 2 heterocycles. The summed E-state index contributed by atoms with van der Waals surface area (Å²) in [5.41, 5.74) is 2.49. The number of benzene rings is 1. The molecule has 0 fully saturated rings. The van der Waals surface area contributed by atoms with Gasteiger partial charge in [0.05, 0.1) is 11.3 Å². The lowest BCUT2D eigenvalue weighted by Gasteiger charge is -2.38. The van der Waals surface area contributed by atoms with Gasteiger partial charge in [-0.2, -0.15) is 0 Å². The number of carbonyl (C=O) groups is 2. The molecule has 6 heteroatoms. The van der Waals surface area contributed by atoms with Crippen LogP contribution in [0, 0.1) is 0 Å². The van der Waals surface area contributed by atoms with Gasteiger partial charge in [-0.1, -0.05) is 12.1 Å². The van der Waals surface area contributed by atoms with E-state index in [2.05, 4.69) is 40.8 Å². The zero-order valence-electron chi connectivity index (χ0n) is 15.4. The van der Waals surface area contributed by atoms with E-state index in [1.165, 1.54) is 17.4 Å². The second kappa shape index (κ2) is 8.01. The Kier molecular flexibility index (Phi) is 5.74. The molecule has 2 atom stereocenters. The maximum atomic E-state index is 12.5. The summed E-state index contributed by atoms with van der Waals surface area (Å²) in [6.45, 7) is 7.28. The number of hydrogen-bond donors (Lipinski definition) is 2. The molecule has 0 saturated carbocycles. The summed E-state index contributed by atoms with van der Waals surface area (Å²) in [7, 11) is 0. The van der Waals surface area contributed by atoms with E-state index in [0.717, 1.165) is 13.0 Å². The molecule has 0 spiro atoms. The van der Waals surface area contributed by atoms with Crippen LogP contribution in [0.25, 0.3) is 0 Å². The van der Waals surface area contributed by atoms with Crippen molar-refractivity contribution in [1.29, 1.82) is 0 Å². The van der Waals surface area contributed by atoms with Gasteiger partial charge >= 0.3 is 0 Å². The fourth-order valence-corrected chi connectivity index (χ4v) is 4.65. The van der Waals surface area contributed by atoms with E-state index in [1.807, 2.05) is 11.3 Å². The van der Waals surface area contributed by atoms with Crippen LogP contribution in [0.4, 0.5) is 5.69 Å². The highest BCUT2D eigenvalue weighted by Gasteiger charge is 2.29. The van der Waals surface area contributed by atoms with Crippen molar-refractivity contribution in [3.63, 3.8) is 0 Å². The predicted molar refractivity (Wildman–Crippen MR) is 106 cm³/mol. The fourth-order valence-electron chi connectivity index (χ4n) is 3.64. The highest BCUT2D eigenvalue weighted by molar-refractivity contribution is 7.10. The molecule has 5 nitrogen and oxygen atoms in total. The van der Waals surface area contributed by atoms with Crippen molar-refractivity contribution in [2.24, 2.45) is 0 Å². The molecule has 3 rings (SSSR count). The molecule has 2 unspecified atom stereocenters. The third-order valence-electron chi connectivity index (χ3n) is 4.88. The van der Waals surface area contributed by atoms with Gasteiger partial charge < -0.3 is 10.6 Å². The molecule has 0 bridgehead atoms. The number of nitrogens with one attached hydrogen (secondary N) is 2. The van der Waals surface area contributed by atoms with Crippen molar-refractivity contribution in [2.75, 3.05) is 18.4 Å². The SMILES string of the molecule is CC(=O)Nc1ccccc1C(=O)NCCN1C(C)Cc2ccsc2C1C. The minimum Gasteiger partial charge on any atom is -0.351 e. The molecule has 0 aliphatic carbocycles. The number of nitrogens with zero attached hydrogens (tertiary/aromatic N) is 1. The number of thiophene rings is 1. The van der Waals surface area contributed by atoms with Crippen LogP contribution in [0.15, 0.2) is 35.7 Å². The molecule has 138 valence electrons. The number of hydrogen-bond acceptors (Lipinski definition) is 4. The second-order valence-corrected chi connectivity index (χ2v) is 7.71. The molecule has 1 aliphatic heterocycles. The van der Waals surface area contributed by atoms with E-state index in [9.17, 15) is 9.59 Å². The van der Waals surface area contributed by atoms with Gasteiger partial charge in [0.2, 0.25) is 5.91 Å². The standard InChI is InChI=1S/C20H25N3O2S/c1-13-12-16-8-11-26-19(16)14(2)23(13)10-9-21-20(25)17-6-4-5-7-18(17)22-15(3)24/h4-8,11,13-14H,9-10,12H2,1-3H3,(H,21,25)(H,22,24). The van der Waals surface area contributed by atoms with Crippen LogP contribution < -0.4 is 10.6 Å². The lowest BCUT2D eigenvalue weighted by Crippen LogP contribution is -2.44. The first-order valence-corrected chi connectivity index (χ1v) is 9.82. The lowest BCUT2D eigenvalue weighted by atomic mass is 9.97. The zero-order valence-corrected chi connectivity index (χ0v) is 16.2. The molecule has 2 aromatic rings. The van der Waals surface area contributed by atoms with Gasteiger partial charge in [-0.3, -0.25) is 14.5 Å². The average molecular weight is 372 g/mol. The van der Waals surface area contributed by atoms with Gasteiger partial charge in [0.1, 0.15) is 0 Å². The van der Waals surface area contributed by atoms with Crippen molar-refractivity contribution in [1.82, 2.24) is 10.2 Å². The van der Waals surface area contributed by atoms with E-state index in [0.29, 0.717) is 29.9 Å². The maximum Gasteiger partial charge on any atom is 0.253 e. The summed E-state index contributed by atoms with van der Waals surface area (Å²) in [4.78, 5) is 27.7. The van der Waals surface area contributed by atoms with Crippen molar-refractivity contribution >= 4 is 28.8 Å². The van der Waals surface area contributed by atoms with E-state index in [1.54, 1.807) is 24.3 Å². The first kappa shape index (κ1) is 18.6. The molecular formula is C20H25N3O2S. The minimum absolute atomic E-state index is 0.163. The van der Waals surface area contributed by atoms with Gasteiger partial charge in [0.25, 0.3) is 5.91 Å². The van der Waals surface area contributed by atoms with Crippen molar-refractivity contribution in [2.45, 2.75) is 39.3 Å². The van der Waals surface area contributed by atoms with Crippen LogP contribution in [0.1, 0.15) is 47.6 Å². The number of fused-ring (bicyclic) bond motifs is 1. The molecule has 26 heavy (non-hydrogen) atoms. The summed E-state index contributed by atoms with van der Waals surface area (Å²) in [5, 5.41) is 7.86. The topological polar surface area (TPSA) is 61.4 Å². The van der Waals surface area contributed by atoms with Crippen LogP contribution in [-0.4, -0.2) is 35.8 Å². The Labute approximate surface area is 158 Å². The first-order chi connectivity index (χ1) is 12.5. The number of rotatable bonds is 5. The number of anilines is 1. The van der Waals surface area contributed by atoms with Crippen LogP contribution in [0.5, 0.6) is 0 Å². The van der Waals surface area contributed by atoms with Crippen LogP contribution in [-0.2, 0) is 11.2 Å². The number of amides is 2. The molecular weight excluding hydrogens is 346 g/mol. The summed E-state index contributed by atoms with van der Waals surface area (Å²) in [6.07, 6.45) is 1.06. The summed E-state index contributed by atoms with van der Waals surface area (Å²) >= 11 is 1.81. The Morgan fingerprint density at radius 2 is 2.00 bits per heavy atom. The molecule has 1 aromatic carbocycles. The monoisotopic (exact) mass is 371 g/mol. The van der Waals surface area contributed by atoms with Crippen LogP contribution >= 0.6 is 11.3 Å². The van der Waals surface area contributed by atoms with Gasteiger partial charge in [0.15, 0.2) is 0 Å². The van der Waals surface area contributed by atoms with Crippen molar-refractivity contribution in [3.8, 4) is 0 Å². The largest absolute Gasteiger partial charge is 0.351 e. The van der Waals surface area contributed by atoms with Crippen molar-refractivity contribution < 1.29 is 9.59 Å². The second-order valence-electron chi connectivity index (χ2n) is 6.76. The maximum absolute atomic E-state index is 12.5. The first-order valence-electron chi connectivity index (χ1n) is 8.94. The predicted octanol–water partition coefficient (Wildman–Crippen LogP) is 3.44. The Balaban J connectivity index is 1.60. The number of carbonyl (C=O) groups excluding carboxylic acids is 2. The van der Waals surface area contributed by atoms with Gasteiger partial charge in [-0.25, -0.2) is 0 Å². The van der Waals surface area contributed by atoms with Gasteiger partial charge in [0, 0.05) is 37.0 Å². The molecule has 2 N–H and O–H groups in total. The Bertz CT molecular complexity index is 802. The number of para-hydroxylation sites is 1. The molecule has 0 radical (unpaired) electrons. The van der Waals surface area contributed by atoms with E-state index in [-0.39, 0.29) is 11.8 Å². The van der Waals surface area contributed by atoms with Crippen molar-refractivity contribution in [3.05, 3.63) is 51.7 Å². The summed E-state index contributed by atoms with van der Waals surface area (Å²) in [6, 6.07) is 10.1. The lowest BCUT2D eigenvalue weighted by molar-refractivity contribution is -0.114. The smallest absolute Gasteiger partial charge is 0.253 e. The van der Waals surface area contributed by atoms with Gasteiger partial charge in [-0.05, 0) is 49.4 Å². The third kappa shape index (κ3) is 3.97. The minimum atomic E-state index is -0.187. The van der Waals surface area contributed by atoms with Crippen LogP contribution in [0.3, 0.4) is 0 Å². The summed E-state index contributed by atoms with van der Waals surface area (Å²) < 4.78 is 0. The molecule has 0 saturated heterocycles. The fraction of sp³-hybridized carbons (Fsp3) is 0.400. The Morgan fingerprint density at radius 1 is 1.23 bits per heavy atom. The molecule has 1 aromatic heterocycles. The highest BCUT2D eigenvalue weighted by atomic mass is 32.1. The molecule has 2 amide bonds. The van der Waals surface area contributed by atoms with E-state index in [4.69, 9.17) is 0 Å².